The Morgan fingerprint density at radius 3 is 2.81 bits per heavy atom. The normalized spacial score (nSPS) is 21.0. The maximum absolute atomic E-state index is 11.9. The van der Waals surface area contributed by atoms with Gasteiger partial charge in [0, 0.05) is 18.3 Å². The summed E-state index contributed by atoms with van der Waals surface area (Å²) in [4.78, 5) is 14.3. The number of ether oxygens (including phenoxy) is 1. The van der Waals surface area contributed by atoms with Crippen LogP contribution in [0.15, 0.2) is 24.3 Å². The van der Waals surface area contributed by atoms with Crippen molar-refractivity contribution in [2.75, 3.05) is 25.4 Å². The van der Waals surface area contributed by atoms with Crippen LogP contribution in [0.25, 0.3) is 0 Å². The lowest BCUT2D eigenvalue weighted by Crippen LogP contribution is -2.44. The number of nitrogens with zero attached hydrogens (tertiary/aromatic N) is 1. The van der Waals surface area contributed by atoms with Crippen molar-refractivity contribution in [3.8, 4) is 0 Å². The van der Waals surface area contributed by atoms with Crippen LogP contribution in [0.1, 0.15) is 32.3 Å². The third kappa shape index (κ3) is 4.46. The molecule has 0 saturated carbocycles. The van der Waals surface area contributed by atoms with Gasteiger partial charge in [-0.2, -0.15) is 0 Å². The minimum absolute atomic E-state index is 0.0348. The molecule has 1 fully saturated rings. The second-order valence-electron chi connectivity index (χ2n) is 5.88. The van der Waals surface area contributed by atoms with Gasteiger partial charge in [-0.05, 0) is 57.4 Å². The molecule has 1 heterocycles. The summed E-state index contributed by atoms with van der Waals surface area (Å²) in [5, 5.41) is 0. The van der Waals surface area contributed by atoms with Gasteiger partial charge in [0.2, 0.25) is 0 Å². The first-order chi connectivity index (χ1) is 10.1. The maximum Gasteiger partial charge on any atom is 0.310 e. The smallest absolute Gasteiger partial charge is 0.310 e. The summed E-state index contributed by atoms with van der Waals surface area (Å²) < 4.78 is 5.16. The van der Waals surface area contributed by atoms with Crippen LogP contribution in [-0.2, 0) is 16.0 Å². The molecular formula is C17H26N2O2. The number of carbonyl (C=O) groups excluding carboxylic acids is 1. The van der Waals surface area contributed by atoms with Gasteiger partial charge in [-0.1, -0.05) is 12.1 Å². The zero-order valence-electron chi connectivity index (χ0n) is 13.0. The molecule has 21 heavy (non-hydrogen) atoms. The summed E-state index contributed by atoms with van der Waals surface area (Å²) in [6.07, 6.45) is 3.00. The SMILES string of the molecule is CCOC(=O)C1CCCN(C(C)Cc2ccc(N)cc2)C1. The lowest BCUT2D eigenvalue weighted by Gasteiger charge is -2.36. The van der Waals surface area contributed by atoms with Crippen LogP contribution in [0, 0.1) is 5.92 Å². The molecule has 1 aromatic rings. The monoisotopic (exact) mass is 290 g/mol. The number of hydrogen-bond donors (Lipinski definition) is 1. The Morgan fingerprint density at radius 1 is 1.43 bits per heavy atom. The highest BCUT2D eigenvalue weighted by molar-refractivity contribution is 5.72. The zero-order chi connectivity index (χ0) is 15.2. The van der Waals surface area contributed by atoms with E-state index in [1.807, 2.05) is 19.1 Å². The van der Waals surface area contributed by atoms with Gasteiger partial charge in [0.15, 0.2) is 0 Å². The average Bonchev–Trinajstić information content (AvgIpc) is 2.50. The zero-order valence-corrected chi connectivity index (χ0v) is 13.0. The highest BCUT2D eigenvalue weighted by atomic mass is 16.5. The predicted molar refractivity (Wildman–Crippen MR) is 85.0 cm³/mol. The van der Waals surface area contributed by atoms with Crippen LogP contribution < -0.4 is 5.73 Å². The standard InChI is InChI=1S/C17H26N2O2/c1-3-21-17(20)15-5-4-10-19(12-15)13(2)11-14-6-8-16(18)9-7-14/h6-9,13,15H,3-5,10-12,18H2,1-2H3. The Morgan fingerprint density at radius 2 is 2.14 bits per heavy atom. The molecule has 4 heteroatoms. The van der Waals surface area contributed by atoms with Crippen LogP contribution in [0.3, 0.4) is 0 Å². The Hall–Kier alpha value is -1.55. The van der Waals surface area contributed by atoms with Gasteiger partial charge >= 0.3 is 5.97 Å². The summed E-state index contributed by atoms with van der Waals surface area (Å²) in [6.45, 7) is 6.43. The lowest BCUT2D eigenvalue weighted by molar-refractivity contribution is -0.150. The summed E-state index contributed by atoms with van der Waals surface area (Å²) in [6, 6.07) is 8.47. The number of nitrogen functional groups attached to an aromatic ring is 1. The van der Waals surface area contributed by atoms with Crippen molar-refractivity contribution in [1.82, 2.24) is 4.90 Å². The van der Waals surface area contributed by atoms with Crippen LogP contribution in [0.4, 0.5) is 5.69 Å². The molecule has 2 atom stereocenters. The number of piperidine rings is 1. The van der Waals surface area contributed by atoms with Gasteiger partial charge in [-0.15, -0.1) is 0 Å². The van der Waals surface area contributed by atoms with Gasteiger partial charge in [0.1, 0.15) is 0 Å². The molecule has 2 N–H and O–H groups in total. The molecule has 0 spiro atoms. The lowest BCUT2D eigenvalue weighted by atomic mass is 9.95. The van der Waals surface area contributed by atoms with E-state index in [2.05, 4.69) is 24.0 Å². The number of carbonyl (C=O) groups is 1. The van der Waals surface area contributed by atoms with E-state index in [4.69, 9.17) is 10.5 Å². The van der Waals surface area contributed by atoms with E-state index < -0.39 is 0 Å². The van der Waals surface area contributed by atoms with Crippen molar-refractivity contribution in [2.24, 2.45) is 5.92 Å². The quantitative estimate of drug-likeness (QED) is 0.668. The fourth-order valence-corrected chi connectivity index (χ4v) is 2.98. The van der Waals surface area contributed by atoms with Crippen molar-refractivity contribution >= 4 is 11.7 Å². The highest BCUT2D eigenvalue weighted by Crippen LogP contribution is 2.21. The molecule has 4 nitrogen and oxygen atoms in total. The minimum atomic E-state index is -0.0399. The van der Waals surface area contributed by atoms with Crippen molar-refractivity contribution in [3.05, 3.63) is 29.8 Å². The van der Waals surface area contributed by atoms with E-state index in [-0.39, 0.29) is 11.9 Å². The van der Waals surface area contributed by atoms with Crippen molar-refractivity contribution < 1.29 is 9.53 Å². The number of benzene rings is 1. The third-order valence-electron chi connectivity index (χ3n) is 4.21. The molecule has 1 saturated heterocycles. The number of hydrogen-bond acceptors (Lipinski definition) is 4. The molecule has 2 unspecified atom stereocenters. The van der Waals surface area contributed by atoms with E-state index in [1.54, 1.807) is 0 Å². The Bertz CT molecular complexity index is 458. The van der Waals surface area contributed by atoms with Gasteiger partial charge in [-0.3, -0.25) is 9.69 Å². The van der Waals surface area contributed by atoms with Crippen molar-refractivity contribution in [3.63, 3.8) is 0 Å². The Labute approximate surface area is 127 Å². The van der Waals surface area contributed by atoms with Gasteiger partial charge in [-0.25, -0.2) is 0 Å². The van der Waals surface area contributed by atoms with Crippen LogP contribution in [-0.4, -0.2) is 36.6 Å². The van der Waals surface area contributed by atoms with Gasteiger partial charge in [0.25, 0.3) is 0 Å². The fraction of sp³-hybridized carbons (Fsp3) is 0.588. The molecule has 0 aromatic heterocycles. The van der Waals surface area contributed by atoms with E-state index in [0.717, 1.165) is 38.0 Å². The number of nitrogens with two attached hydrogens (primary N) is 1. The summed E-state index contributed by atoms with van der Waals surface area (Å²) in [7, 11) is 0. The fourth-order valence-electron chi connectivity index (χ4n) is 2.98. The van der Waals surface area contributed by atoms with Gasteiger partial charge < -0.3 is 10.5 Å². The Balaban J connectivity index is 1.91. The van der Waals surface area contributed by atoms with Gasteiger partial charge in [0.05, 0.1) is 12.5 Å². The largest absolute Gasteiger partial charge is 0.466 e. The minimum Gasteiger partial charge on any atom is -0.466 e. The molecule has 0 bridgehead atoms. The molecular weight excluding hydrogens is 264 g/mol. The Kier molecular flexibility index (Phi) is 5.62. The first-order valence-corrected chi connectivity index (χ1v) is 7.85. The van der Waals surface area contributed by atoms with E-state index in [0.29, 0.717) is 12.6 Å². The first-order valence-electron chi connectivity index (χ1n) is 7.85. The molecule has 0 aliphatic carbocycles. The number of rotatable bonds is 5. The number of anilines is 1. The first kappa shape index (κ1) is 15.8. The molecule has 0 amide bonds. The van der Waals surface area contributed by atoms with Crippen molar-refractivity contribution in [2.45, 2.75) is 39.2 Å². The maximum atomic E-state index is 11.9. The average molecular weight is 290 g/mol. The summed E-state index contributed by atoms with van der Waals surface area (Å²) in [5.41, 5.74) is 7.80. The van der Waals surface area contributed by atoms with E-state index >= 15 is 0 Å². The molecule has 0 radical (unpaired) electrons. The van der Waals surface area contributed by atoms with E-state index in [1.165, 1.54) is 5.56 Å². The van der Waals surface area contributed by atoms with Crippen LogP contribution in [0.5, 0.6) is 0 Å². The predicted octanol–water partition coefficient (Wildman–Crippen LogP) is 2.47. The third-order valence-corrected chi connectivity index (χ3v) is 4.21. The number of likely N-dealkylation sites (tertiary alicyclic amines) is 1. The topological polar surface area (TPSA) is 55.6 Å². The molecule has 116 valence electrons. The number of esters is 1. The van der Waals surface area contributed by atoms with Crippen LogP contribution >= 0.6 is 0 Å². The summed E-state index contributed by atoms with van der Waals surface area (Å²) >= 11 is 0. The summed E-state index contributed by atoms with van der Waals surface area (Å²) in [5.74, 6) is -0.00514. The second kappa shape index (κ2) is 7.46. The molecule has 1 aliphatic rings. The highest BCUT2D eigenvalue weighted by Gasteiger charge is 2.29. The second-order valence-corrected chi connectivity index (χ2v) is 5.88. The van der Waals surface area contributed by atoms with Crippen LogP contribution in [0.2, 0.25) is 0 Å². The molecule has 1 aromatic carbocycles. The molecule has 2 rings (SSSR count). The van der Waals surface area contributed by atoms with Crippen molar-refractivity contribution in [1.29, 1.82) is 0 Å². The molecule has 1 aliphatic heterocycles. The van der Waals surface area contributed by atoms with E-state index in [9.17, 15) is 4.79 Å².